The number of aromatic nitrogens is 2. The predicted octanol–water partition coefficient (Wildman–Crippen LogP) is 2.01. The molecule has 2 heterocycles. The van der Waals surface area contributed by atoms with Gasteiger partial charge in [0.1, 0.15) is 11.7 Å². The van der Waals surface area contributed by atoms with Crippen LogP contribution in [0.3, 0.4) is 0 Å². The van der Waals surface area contributed by atoms with Gasteiger partial charge in [0.05, 0.1) is 12.7 Å². The van der Waals surface area contributed by atoms with Gasteiger partial charge >= 0.3 is 0 Å². The van der Waals surface area contributed by atoms with Gasteiger partial charge in [-0.15, -0.1) is 6.42 Å². The number of benzene rings is 1. The Morgan fingerprint density at radius 1 is 1.38 bits per heavy atom. The van der Waals surface area contributed by atoms with Gasteiger partial charge in [0.2, 0.25) is 11.9 Å². The lowest BCUT2D eigenvalue weighted by atomic mass is 10.1. The molecule has 0 saturated heterocycles. The van der Waals surface area contributed by atoms with Gasteiger partial charge in [0.25, 0.3) is 0 Å². The van der Waals surface area contributed by atoms with Crippen LogP contribution in [0.1, 0.15) is 6.92 Å². The van der Waals surface area contributed by atoms with Crippen LogP contribution < -0.4 is 15.1 Å². The average molecular weight is 359 g/mol. The Labute approximate surface area is 148 Å². The van der Waals surface area contributed by atoms with Crippen molar-refractivity contribution in [2.24, 2.45) is 0 Å². The van der Waals surface area contributed by atoms with Crippen molar-refractivity contribution in [2.75, 3.05) is 28.7 Å². The van der Waals surface area contributed by atoms with Crippen LogP contribution in [0.2, 0.25) is 0 Å². The highest BCUT2D eigenvalue weighted by molar-refractivity contribution is 6.04. The molecule has 1 aliphatic heterocycles. The van der Waals surface area contributed by atoms with Crippen molar-refractivity contribution in [1.82, 2.24) is 9.97 Å². The molecule has 9 heteroatoms. The fraction of sp³-hybridized carbons (Fsp3) is 0.235. The highest BCUT2D eigenvalue weighted by Crippen LogP contribution is 2.34. The Morgan fingerprint density at radius 2 is 2.04 bits per heavy atom. The average Bonchev–Trinajstić information content (AvgIpc) is 2.61. The highest BCUT2D eigenvalue weighted by Gasteiger charge is 2.34. The molecule has 26 heavy (non-hydrogen) atoms. The molecule has 0 radical (unpaired) electrons. The van der Waals surface area contributed by atoms with E-state index in [2.05, 4.69) is 21.2 Å². The topological polar surface area (TPSA) is 81.6 Å². The summed E-state index contributed by atoms with van der Waals surface area (Å²) in [6.07, 6.45) is 6.81. The van der Waals surface area contributed by atoms with Crippen molar-refractivity contribution in [3.05, 3.63) is 30.0 Å². The molecule has 1 aromatic heterocycles. The zero-order valence-corrected chi connectivity index (χ0v) is 14.0. The lowest BCUT2D eigenvalue weighted by Crippen LogP contribution is -2.51. The molecule has 2 N–H and O–H groups in total. The second-order valence-electron chi connectivity index (χ2n) is 5.72. The summed E-state index contributed by atoms with van der Waals surface area (Å²) in [6.45, 7) is 1.87. The van der Waals surface area contributed by atoms with Crippen LogP contribution in [-0.2, 0) is 4.79 Å². The van der Waals surface area contributed by atoms with Gasteiger partial charge in [-0.25, -0.2) is 13.8 Å². The molecule has 1 aromatic carbocycles. The molecular weight excluding hydrogens is 344 g/mol. The number of nitrogens with one attached hydrogen (secondary N) is 1. The van der Waals surface area contributed by atoms with Crippen LogP contribution in [0.5, 0.6) is 5.75 Å². The Balaban J connectivity index is 2.00. The molecule has 0 aliphatic carbocycles. The fourth-order valence-corrected chi connectivity index (χ4v) is 2.67. The second kappa shape index (κ2) is 6.48. The number of hydrogen-bond donors (Lipinski definition) is 2. The lowest BCUT2D eigenvalue weighted by Gasteiger charge is -2.37. The van der Waals surface area contributed by atoms with E-state index in [0.29, 0.717) is 11.5 Å². The Bertz CT molecular complexity index is 905. The molecule has 1 amide bonds. The van der Waals surface area contributed by atoms with E-state index < -0.39 is 23.4 Å². The minimum atomic E-state index is -1.11. The number of carbonyl (C=O) groups excluding carboxylic acids is 1. The Hall–Kier alpha value is -3.41. The van der Waals surface area contributed by atoms with E-state index in [1.807, 2.05) is 0 Å². The molecule has 0 bridgehead atoms. The maximum Gasteiger partial charge on any atom is 0.249 e. The summed E-state index contributed by atoms with van der Waals surface area (Å²) in [6, 6.07) is 1.31. The van der Waals surface area contributed by atoms with Gasteiger partial charge in [-0.2, -0.15) is 4.98 Å². The van der Waals surface area contributed by atoms with Crippen LogP contribution in [0.4, 0.5) is 31.9 Å². The minimum Gasteiger partial charge on any atom is -0.503 e. The number of rotatable bonds is 3. The van der Waals surface area contributed by atoms with Gasteiger partial charge in [-0.05, 0) is 6.92 Å². The van der Waals surface area contributed by atoms with Crippen molar-refractivity contribution in [3.8, 4) is 18.1 Å². The van der Waals surface area contributed by atoms with E-state index in [9.17, 15) is 13.6 Å². The number of phenolic OH excluding ortho intramolecular Hbond substituents is 1. The number of nitrogens with zero attached hydrogens (tertiary/aromatic N) is 4. The molecule has 1 aliphatic rings. The van der Waals surface area contributed by atoms with Crippen LogP contribution >= 0.6 is 0 Å². The molecule has 2 aromatic rings. The number of carbonyl (C=O) groups is 1. The maximum atomic E-state index is 13.5. The number of amides is 1. The van der Waals surface area contributed by atoms with Gasteiger partial charge in [-0.3, -0.25) is 4.79 Å². The number of terminal acetylenes is 1. The summed E-state index contributed by atoms with van der Waals surface area (Å²) < 4.78 is 27.0. The summed E-state index contributed by atoms with van der Waals surface area (Å²) in [4.78, 5) is 23.8. The lowest BCUT2D eigenvalue weighted by molar-refractivity contribution is -0.119. The molecule has 0 unspecified atom stereocenters. The number of phenols is 1. The van der Waals surface area contributed by atoms with Crippen LogP contribution in [0.25, 0.3) is 0 Å². The largest absolute Gasteiger partial charge is 0.503 e. The van der Waals surface area contributed by atoms with E-state index in [1.54, 1.807) is 18.9 Å². The number of aromatic hydroxyl groups is 1. The minimum absolute atomic E-state index is 0.0227. The molecule has 0 saturated carbocycles. The smallest absolute Gasteiger partial charge is 0.249 e. The van der Waals surface area contributed by atoms with Crippen molar-refractivity contribution in [2.45, 2.75) is 13.0 Å². The molecule has 1 atom stereocenters. The zero-order valence-electron chi connectivity index (χ0n) is 14.0. The first-order chi connectivity index (χ1) is 12.3. The molecule has 7 nitrogen and oxygen atoms in total. The molecule has 0 fully saturated rings. The van der Waals surface area contributed by atoms with E-state index in [0.717, 1.165) is 12.1 Å². The monoisotopic (exact) mass is 359 g/mol. The normalized spacial score (nSPS) is 16.3. The Morgan fingerprint density at radius 3 is 2.65 bits per heavy atom. The van der Waals surface area contributed by atoms with E-state index in [-0.39, 0.29) is 24.1 Å². The molecular formula is C17H15F2N5O2. The van der Waals surface area contributed by atoms with Crippen LogP contribution in [0.15, 0.2) is 18.3 Å². The number of fused-ring (bicyclic) bond motifs is 1. The van der Waals surface area contributed by atoms with Crippen molar-refractivity contribution in [3.63, 3.8) is 0 Å². The Kier molecular flexibility index (Phi) is 4.34. The second-order valence-corrected chi connectivity index (χ2v) is 5.72. The summed E-state index contributed by atoms with van der Waals surface area (Å²) in [5, 5.41) is 11.8. The summed E-state index contributed by atoms with van der Waals surface area (Å²) in [5.41, 5.74) is 0.492. The molecule has 3 rings (SSSR count). The maximum absolute atomic E-state index is 13.5. The quantitative estimate of drug-likeness (QED) is 0.645. The summed E-state index contributed by atoms with van der Waals surface area (Å²) in [7, 11) is 1.60. The van der Waals surface area contributed by atoms with E-state index in [1.165, 1.54) is 11.1 Å². The van der Waals surface area contributed by atoms with Crippen LogP contribution in [-0.4, -0.2) is 40.6 Å². The third-order valence-electron chi connectivity index (χ3n) is 4.07. The third-order valence-corrected chi connectivity index (χ3v) is 4.07. The van der Waals surface area contributed by atoms with Gasteiger partial charge in [-0.1, -0.05) is 5.92 Å². The van der Waals surface area contributed by atoms with Gasteiger partial charge < -0.3 is 20.2 Å². The first-order valence-electron chi connectivity index (χ1n) is 7.63. The zero-order chi connectivity index (χ0) is 19.0. The number of halogens is 2. The van der Waals surface area contributed by atoms with Crippen molar-refractivity contribution >= 4 is 29.0 Å². The molecule has 0 spiro atoms. The number of anilines is 4. The third kappa shape index (κ3) is 2.86. The summed E-state index contributed by atoms with van der Waals surface area (Å²) in [5.74, 6) is -0.470. The van der Waals surface area contributed by atoms with Gasteiger partial charge in [0, 0.05) is 24.9 Å². The van der Waals surface area contributed by atoms with Crippen LogP contribution in [0, 0.1) is 24.0 Å². The van der Waals surface area contributed by atoms with E-state index in [4.69, 9.17) is 11.5 Å². The standard InChI is InChI=1S/C17H15F2N5O2/c1-4-5-24-9(2)16(26)23(3)13-8-20-17(22-15(13)24)21-10-6-11(18)14(25)12(19)7-10/h1,6-9,25H,5H2,2-3H3,(H,20,21,22)/t9-/m1/s1. The summed E-state index contributed by atoms with van der Waals surface area (Å²) >= 11 is 0. The number of hydrogen-bond acceptors (Lipinski definition) is 6. The van der Waals surface area contributed by atoms with E-state index >= 15 is 0 Å². The SMILES string of the molecule is C#CCN1c2nc(Nc3cc(F)c(O)c(F)c3)ncc2N(C)C(=O)[C@H]1C. The highest BCUT2D eigenvalue weighted by atomic mass is 19.1. The fourth-order valence-electron chi connectivity index (χ4n) is 2.67. The van der Waals surface area contributed by atoms with Crippen molar-refractivity contribution < 1.29 is 18.7 Å². The first kappa shape index (κ1) is 17.4. The first-order valence-corrected chi connectivity index (χ1v) is 7.63. The van der Waals surface area contributed by atoms with Gasteiger partial charge in [0.15, 0.2) is 23.2 Å². The molecule has 134 valence electrons. The number of likely N-dealkylation sites (N-methyl/N-ethyl adjacent to an activating group) is 1. The predicted molar refractivity (Wildman–Crippen MR) is 92.4 cm³/mol. The van der Waals surface area contributed by atoms with Crippen molar-refractivity contribution in [1.29, 1.82) is 0 Å².